The third-order valence-corrected chi connectivity index (χ3v) is 12.5. The Balaban J connectivity index is 4.34. The molecule has 370 valence electrons. The van der Waals surface area contributed by atoms with E-state index in [1.165, 1.54) is 199 Å². The van der Waals surface area contributed by atoms with E-state index in [2.05, 4.69) is 45.1 Å². The first-order valence-electron chi connectivity index (χ1n) is 27.9. The Morgan fingerprint density at radius 3 is 0.873 bits per heavy atom. The lowest BCUT2D eigenvalue weighted by atomic mass is 10.0. The summed E-state index contributed by atoms with van der Waals surface area (Å²) >= 11 is 0. The molecule has 0 radical (unpaired) electrons. The fourth-order valence-electron chi connectivity index (χ4n) is 8.26. The first-order valence-corrected chi connectivity index (χ1v) is 27.9. The number of allylic oxidation sites excluding steroid dienone is 4. The maximum atomic E-state index is 12.8. The summed E-state index contributed by atoms with van der Waals surface area (Å²) < 4.78 is 16.8. The predicted octanol–water partition coefficient (Wildman–Crippen LogP) is 18.3. The van der Waals surface area contributed by atoms with Crippen molar-refractivity contribution in [3.63, 3.8) is 0 Å². The molecule has 1 unspecified atom stereocenters. The molecule has 0 fully saturated rings. The fourth-order valence-corrected chi connectivity index (χ4v) is 8.26. The van der Waals surface area contributed by atoms with Gasteiger partial charge in [0.25, 0.3) is 0 Å². The van der Waals surface area contributed by atoms with Gasteiger partial charge in [-0.3, -0.25) is 14.4 Å². The number of hydrogen-bond acceptors (Lipinski definition) is 6. The van der Waals surface area contributed by atoms with Gasteiger partial charge < -0.3 is 14.2 Å². The highest BCUT2D eigenvalue weighted by Gasteiger charge is 2.19. The van der Waals surface area contributed by atoms with E-state index in [1.807, 2.05) is 0 Å². The van der Waals surface area contributed by atoms with Crippen LogP contribution in [0.4, 0.5) is 0 Å². The van der Waals surface area contributed by atoms with Crippen LogP contribution >= 0.6 is 0 Å². The molecule has 0 aromatic heterocycles. The van der Waals surface area contributed by atoms with E-state index >= 15 is 0 Å². The third-order valence-electron chi connectivity index (χ3n) is 12.5. The average Bonchev–Trinajstić information content (AvgIpc) is 3.28. The third kappa shape index (κ3) is 50.7. The second kappa shape index (κ2) is 52.5. The van der Waals surface area contributed by atoms with Crippen LogP contribution in [-0.2, 0) is 28.6 Å². The molecule has 0 aromatic carbocycles. The van der Waals surface area contributed by atoms with Crippen molar-refractivity contribution < 1.29 is 28.6 Å². The number of hydrogen-bond donors (Lipinski definition) is 0. The lowest BCUT2D eigenvalue weighted by Crippen LogP contribution is -2.30. The Hall–Kier alpha value is -2.11. The van der Waals surface area contributed by atoms with Gasteiger partial charge in [0.2, 0.25) is 0 Å². The van der Waals surface area contributed by atoms with E-state index in [0.717, 1.165) is 64.2 Å². The number of rotatable bonds is 51. The van der Waals surface area contributed by atoms with Gasteiger partial charge in [-0.1, -0.05) is 263 Å². The summed E-state index contributed by atoms with van der Waals surface area (Å²) in [6.45, 7) is 6.64. The van der Waals surface area contributed by atoms with Crippen LogP contribution < -0.4 is 0 Å². The van der Waals surface area contributed by atoms with Crippen LogP contribution in [0.3, 0.4) is 0 Å². The molecule has 1 atom stereocenters. The van der Waals surface area contributed by atoms with Gasteiger partial charge in [-0.2, -0.15) is 0 Å². The van der Waals surface area contributed by atoms with Crippen molar-refractivity contribution in [3.8, 4) is 0 Å². The average molecular weight is 887 g/mol. The van der Waals surface area contributed by atoms with Crippen molar-refractivity contribution >= 4 is 17.9 Å². The molecule has 0 aliphatic heterocycles. The standard InChI is InChI=1S/C57H106O6/c1-4-7-10-13-16-19-22-25-28-30-32-35-38-41-44-47-50-56(59)62-53-54(52-61-55(58)49-46-43-40-37-34-31-27-24-21-18-15-12-9-6-3)63-57(60)51-48-45-42-39-36-33-29-26-23-20-17-14-11-8-5-2/h17,20,23,26,54H,4-16,18-19,21-22,24-25,27-53H2,1-3H3/b20-17-,26-23-. The summed E-state index contributed by atoms with van der Waals surface area (Å²) in [5, 5.41) is 0. The van der Waals surface area contributed by atoms with Crippen LogP contribution in [-0.4, -0.2) is 37.2 Å². The van der Waals surface area contributed by atoms with Gasteiger partial charge in [0, 0.05) is 19.3 Å². The van der Waals surface area contributed by atoms with E-state index < -0.39 is 6.10 Å². The summed E-state index contributed by atoms with van der Waals surface area (Å²) in [4.78, 5) is 38.1. The van der Waals surface area contributed by atoms with Crippen molar-refractivity contribution in [2.75, 3.05) is 13.2 Å². The molecule has 0 aliphatic rings. The van der Waals surface area contributed by atoms with Crippen molar-refractivity contribution in [1.29, 1.82) is 0 Å². The molecule has 0 heterocycles. The largest absolute Gasteiger partial charge is 0.462 e. The molecule has 0 aliphatic carbocycles. The highest BCUT2D eigenvalue weighted by molar-refractivity contribution is 5.71. The van der Waals surface area contributed by atoms with Gasteiger partial charge >= 0.3 is 17.9 Å². The molecule has 63 heavy (non-hydrogen) atoms. The van der Waals surface area contributed by atoms with E-state index in [-0.39, 0.29) is 31.1 Å². The zero-order valence-corrected chi connectivity index (χ0v) is 42.4. The van der Waals surface area contributed by atoms with Crippen LogP contribution in [0.2, 0.25) is 0 Å². The monoisotopic (exact) mass is 887 g/mol. The Labute approximate surface area is 392 Å². The molecular formula is C57H106O6. The molecular weight excluding hydrogens is 781 g/mol. The minimum Gasteiger partial charge on any atom is -0.462 e. The molecule has 0 spiro atoms. The van der Waals surface area contributed by atoms with Crippen molar-refractivity contribution in [3.05, 3.63) is 24.3 Å². The molecule has 0 bridgehead atoms. The lowest BCUT2D eigenvalue weighted by molar-refractivity contribution is -0.167. The van der Waals surface area contributed by atoms with Crippen molar-refractivity contribution in [2.45, 2.75) is 309 Å². The maximum Gasteiger partial charge on any atom is 0.306 e. The second-order valence-electron chi connectivity index (χ2n) is 18.9. The highest BCUT2D eigenvalue weighted by Crippen LogP contribution is 2.17. The topological polar surface area (TPSA) is 78.9 Å². The van der Waals surface area contributed by atoms with Gasteiger partial charge in [-0.25, -0.2) is 0 Å². The van der Waals surface area contributed by atoms with E-state index in [9.17, 15) is 14.4 Å². The minimum atomic E-state index is -0.772. The number of unbranched alkanes of at least 4 members (excludes halogenated alkanes) is 37. The Kier molecular flexibility index (Phi) is 50.8. The Bertz CT molecular complexity index is 1020. The molecule has 0 saturated carbocycles. The summed E-state index contributed by atoms with van der Waals surface area (Å²) in [6, 6.07) is 0. The molecule has 6 heteroatoms. The maximum absolute atomic E-state index is 12.8. The summed E-state index contributed by atoms with van der Waals surface area (Å²) in [5.74, 6) is -0.863. The van der Waals surface area contributed by atoms with Crippen LogP contribution in [0.1, 0.15) is 303 Å². The van der Waals surface area contributed by atoms with E-state index in [4.69, 9.17) is 14.2 Å². The van der Waals surface area contributed by atoms with Crippen LogP contribution in [0, 0.1) is 0 Å². The summed E-state index contributed by atoms with van der Waals surface area (Å²) in [7, 11) is 0. The zero-order chi connectivity index (χ0) is 45.8. The first kappa shape index (κ1) is 60.9. The fraction of sp³-hybridized carbons (Fsp3) is 0.877. The highest BCUT2D eigenvalue weighted by atomic mass is 16.6. The van der Waals surface area contributed by atoms with Crippen LogP contribution in [0.25, 0.3) is 0 Å². The molecule has 0 saturated heterocycles. The number of esters is 3. The van der Waals surface area contributed by atoms with Crippen LogP contribution in [0.15, 0.2) is 24.3 Å². The predicted molar refractivity (Wildman–Crippen MR) is 270 cm³/mol. The summed E-state index contributed by atoms with van der Waals surface area (Å²) in [6.07, 6.45) is 60.1. The molecule has 0 N–H and O–H groups in total. The molecule has 0 rings (SSSR count). The zero-order valence-electron chi connectivity index (χ0n) is 42.4. The second-order valence-corrected chi connectivity index (χ2v) is 18.9. The summed E-state index contributed by atoms with van der Waals surface area (Å²) in [5.41, 5.74) is 0. The normalized spacial score (nSPS) is 12.1. The van der Waals surface area contributed by atoms with E-state index in [1.54, 1.807) is 0 Å². The van der Waals surface area contributed by atoms with Crippen molar-refractivity contribution in [2.24, 2.45) is 0 Å². The van der Waals surface area contributed by atoms with Crippen LogP contribution in [0.5, 0.6) is 0 Å². The lowest BCUT2D eigenvalue weighted by Gasteiger charge is -2.18. The SMILES string of the molecule is CCCCC/C=C\C=C/CCCCCCCCC(=O)OC(COC(=O)CCCCCCCCCCCCCCCC)COC(=O)CCCCCCCCCCCCCCCCCC. The van der Waals surface area contributed by atoms with E-state index in [0.29, 0.717) is 19.3 Å². The molecule has 6 nitrogen and oxygen atoms in total. The molecule has 0 amide bonds. The van der Waals surface area contributed by atoms with Gasteiger partial charge in [0.15, 0.2) is 6.10 Å². The Morgan fingerprint density at radius 2 is 0.556 bits per heavy atom. The number of carbonyl (C=O) groups excluding carboxylic acids is 3. The first-order chi connectivity index (χ1) is 31.0. The molecule has 0 aromatic rings. The van der Waals surface area contributed by atoms with Crippen molar-refractivity contribution in [1.82, 2.24) is 0 Å². The Morgan fingerprint density at radius 1 is 0.317 bits per heavy atom. The van der Waals surface area contributed by atoms with Gasteiger partial charge in [0.05, 0.1) is 0 Å². The minimum absolute atomic E-state index is 0.0708. The van der Waals surface area contributed by atoms with Gasteiger partial charge in [-0.15, -0.1) is 0 Å². The van der Waals surface area contributed by atoms with Gasteiger partial charge in [0.1, 0.15) is 13.2 Å². The quantitative estimate of drug-likeness (QED) is 0.0262. The smallest absolute Gasteiger partial charge is 0.306 e. The number of carbonyl (C=O) groups is 3. The van der Waals surface area contributed by atoms with Gasteiger partial charge in [-0.05, 0) is 44.9 Å². The number of ether oxygens (including phenoxy) is 3.